The molecule has 2 atom stereocenters. The first-order chi connectivity index (χ1) is 20.0. The first kappa shape index (κ1) is 29.7. The topological polar surface area (TPSA) is 21.7 Å². The van der Waals surface area contributed by atoms with Gasteiger partial charge in [0.2, 0.25) is 6.36 Å². The van der Waals surface area contributed by atoms with Gasteiger partial charge in [-0.15, -0.1) is 11.8 Å². The maximum atomic E-state index is 14.0. The molecule has 1 saturated heterocycles. The van der Waals surface area contributed by atoms with Crippen LogP contribution in [-0.2, 0) is 6.42 Å². The van der Waals surface area contributed by atoms with Crippen molar-refractivity contribution in [3.05, 3.63) is 88.5 Å². The number of aryl methyl sites for hydroxylation is 2. The summed E-state index contributed by atoms with van der Waals surface area (Å²) < 4.78 is 38.5. The Kier molecular flexibility index (Phi) is 10.0. The van der Waals surface area contributed by atoms with Crippen molar-refractivity contribution >= 4 is 22.9 Å². The van der Waals surface area contributed by atoms with Crippen LogP contribution in [0.15, 0.2) is 65.6 Å². The number of hydrogen-bond donors (Lipinski definition) is 0. The highest BCUT2D eigenvalue weighted by Crippen LogP contribution is 2.44. The molecule has 0 spiro atoms. The van der Waals surface area contributed by atoms with Crippen molar-refractivity contribution in [2.75, 3.05) is 32.1 Å². The standard InChI is InChI=1S/C35H41F2NO2S/c1-4-25-22-28(40-34(37)5-2)12-14-30(25)31-16-20-41-33-21-24(3)7-13-32(33)35(31)26-8-10-27(11-9-26)39-29-15-19-38(23-29)18-6-17-36/h7-14,21-22,29,34H,4-6,15-20,23H2,1-3H3/t29-,34?/m0/s1. The summed E-state index contributed by atoms with van der Waals surface area (Å²) in [5, 5.41) is 0. The Labute approximate surface area is 247 Å². The lowest BCUT2D eigenvalue weighted by atomic mass is 9.85. The Balaban J connectivity index is 1.50. The first-order valence-corrected chi connectivity index (χ1v) is 15.9. The summed E-state index contributed by atoms with van der Waals surface area (Å²) >= 11 is 1.91. The SMILES string of the molecule is CCc1cc(OC(F)CC)ccc1C1=C(c2ccc(O[C@H]3CCN(CCCF)C3)cc2)c2ccc(C)cc2SCC1. The Bertz CT molecular complexity index is 1360. The molecule has 1 unspecified atom stereocenters. The van der Waals surface area contributed by atoms with Crippen LogP contribution in [0.25, 0.3) is 11.1 Å². The molecule has 3 aromatic rings. The molecule has 0 saturated carbocycles. The van der Waals surface area contributed by atoms with E-state index in [2.05, 4.69) is 67.3 Å². The van der Waals surface area contributed by atoms with Crippen LogP contribution in [0.2, 0.25) is 0 Å². The summed E-state index contributed by atoms with van der Waals surface area (Å²) in [7, 11) is 0. The summed E-state index contributed by atoms with van der Waals surface area (Å²) in [5.41, 5.74) is 8.59. The van der Waals surface area contributed by atoms with Gasteiger partial charge in [-0.25, -0.2) is 4.39 Å². The zero-order valence-electron chi connectivity index (χ0n) is 24.4. The van der Waals surface area contributed by atoms with Crippen molar-refractivity contribution in [1.82, 2.24) is 4.90 Å². The summed E-state index contributed by atoms with van der Waals surface area (Å²) in [6, 6.07) is 21.3. The van der Waals surface area contributed by atoms with Crippen LogP contribution in [0.1, 0.15) is 67.3 Å². The summed E-state index contributed by atoms with van der Waals surface area (Å²) in [4.78, 5) is 3.59. The number of likely N-dealkylation sites (tertiary alicyclic amines) is 1. The number of thioether (sulfide) groups is 1. The Morgan fingerprint density at radius 2 is 1.78 bits per heavy atom. The monoisotopic (exact) mass is 577 g/mol. The molecule has 41 heavy (non-hydrogen) atoms. The van der Waals surface area contributed by atoms with E-state index in [-0.39, 0.29) is 12.8 Å². The third-order valence-corrected chi connectivity index (χ3v) is 9.03. The molecule has 3 aromatic carbocycles. The van der Waals surface area contributed by atoms with Gasteiger partial charge in [0.05, 0.1) is 6.67 Å². The molecule has 0 radical (unpaired) electrons. The van der Waals surface area contributed by atoms with Crippen LogP contribution < -0.4 is 9.47 Å². The highest BCUT2D eigenvalue weighted by Gasteiger charge is 2.25. The fourth-order valence-corrected chi connectivity index (χ4v) is 6.96. The molecule has 3 nitrogen and oxygen atoms in total. The fraction of sp³-hybridized carbons (Fsp3) is 0.429. The maximum absolute atomic E-state index is 14.0. The zero-order valence-corrected chi connectivity index (χ0v) is 25.2. The minimum absolute atomic E-state index is 0.137. The number of allylic oxidation sites excluding steroid dienone is 1. The van der Waals surface area contributed by atoms with Gasteiger partial charge in [0.25, 0.3) is 0 Å². The molecule has 0 amide bonds. The number of hydrogen-bond acceptors (Lipinski definition) is 4. The van der Waals surface area contributed by atoms with Crippen molar-refractivity contribution in [3.8, 4) is 11.5 Å². The molecule has 218 valence electrons. The lowest BCUT2D eigenvalue weighted by Crippen LogP contribution is -2.26. The van der Waals surface area contributed by atoms with E-state index in [4.69, 9.17) is 9.47 Å². The van der Waals surface area contributed by atoms with Crippen molar-refractivity contribution in [2.24, 2.45) is 0 Å². The van der Waals surface area contributed by atoms with Crippen LogP contribution in [-0.4, -0.2) is 49.4 Å². The van der Waals surface area contributed by atoms with Gasteiger partial charge >= 0.3 is 0 Å². The van der Waals surface area contributed by atoms with E-state index in [0.717, 1.165) is 61.5 Å². The second kappa shape index (κ2) is 13.9. The molecule has 0 aliphatic carbocycles. The van der Waals surface area contributed by atoms with Crippen molar-refractivity contribution in [3.63, 3.8) is 0 Å². The van der Waals surface area contributed by atoms with Gasteiger partial charge < -0.3 is 9.47 Å². The normalized spacial score (nSPS) is 18.2. The van der Waals surface area contributed by atoms with Gasteiger partial charge in [-0.3, -0.25) is 9.29 Å². The van der Waals surface area contributed by atoms with Gasteiger partial charge in [0, 0.05) is 36.7 Å². The Morgan fingerprint density at radius 3 is 2.54 bits per heavy atom. The van der Waals surface area contributed by atoms with Gasteiger partial charge in [0.15, 0.2) is 0 Å². The van der Waals surface area contributed by atoms with E-state index < -0.39 is 6.36 Å². The average molecular weight is 578 g/mol. The number of alkyl halides is 2. The fourth-order valence-electron chi connectivity index (χ4n) is 5.84. The van der Waals surface area contributed by atoms with Gasteiger partial charge in [-0.2, -0.15) is 0 Å². The molecule has 0 aromatic heterocycles. The maximum Gasteiger partial charge on any atom is 0.238 e. The highest BCUT2D eigenvalue weighted by molar-refractivity contribution is 7.99. The third-order valence-electron chi connectivity index (χ3n) is 7.97. The van der Waals surface area contributed by atoms with Gasteiger partial charge in [0.1, 0.15) is 17.6 Å². The lowest BCUT2D eigenvalue weighted by molar-refractivity contribution is 0.0641. The molecular weight excluding hydrogens is 536 g/mol. The quantitative estimate of drug-likeness (QED) is 0.227. The second-order valence-corrected chi connectivity index (χ2v) is 12.1. The van der Waals surface area contributed by atoms with Crippen LogP contribution >= 0.6 is 11.8 Å². The van der Waals surface area contributed by atoms with Crippen molar-refractivity contribution in [1.29, 1.82) is 0 Å². The highest BCUT2D eigenvalue weighted by atomic mass is 32.2. The first-order valence-electron chi connectivity index (χ1n) is 15.0. The molecule has 5 rings (SSSR count). The Morgan fingerprint density at radius 1 is 1.00 bits per heavy atom. The number of benzene rings is 3. The molecule has 2 aliphatic heterocycles. The van der Waals surface area contributed by atoms with Crippen LogP contribution in [0, 0.1) is 6.92 Å². The van der Waals surface area contributed by atoms with E-state index >= 15 is 0 Å². The molecule has 0 N–H and O–H groups in total. The van der Waals surface area contributed by atoms with Gasteiger partial charge in [-0.05, 0) is 102 Å². The smallest absolute Gasteiger partial charge is 0.238 e. The van der Waals surface area contributed by atoms with Gasteiger partial charge in [-0.1, -0.05) is 44.2 Å². The molecule has 2 heterocycles. The average Bonchev–Trinajstić information content (AvgIpc) is 3.35. The molecule has 2 aliphatic rings. The van der Waals surface area contributed by atoms with E-state index in [1.54, 1.807) is 6.92 Å². The summed E-state index contributed by atoms with van der Waals surface area (Å²) in [6.07, 6.45) is 2.47. The van der Waals surface area contributed by atoms with Crippen LogP contribution in [0.3, 0.4) is 0 Å². The predicted molar refractivity (Wildman–Crippen MR) is 167 cm³/mol. The van der Waals surface area contributed by atoms with Crippen molar-refractivity contribution in [2.45, 2.75) is 70.2 Å². The van der Waals surface area contributed by atoms with E-state index in [1.807, 2.05) is 23.9 Å². The lowest BCUT2D eigenvalue weighted by Gasteiger charge is -2.20. The molecule has 0 bridgehead atoms. The number of halogens is 2. The molecular formula is C35H41F2NO2S. The van der Waals surface area contributed by atoms with E-state index in [1.165, 1.54) is 32.7 Å². The minimum atomic E-state index is -1.30. The van der Waals surface area contributed by atoms with Crippen LogP contribution in [0.4, 0.5) is 8.78 Å². The molecule has 1 fully saturated rings. The predicted octanol–water partition coefficient (Wildman–Crippen LogP) is 8.91. The largest absolute Gasteiger partial charge is 0.489 e. The second-order valence-electron chi connectivity index (χ2n) is 11.0. The minimum Gasteiger partial charge on any atom is -0.489 e. The molecule has 6 heteroatoms. The van der Waals surface area contributed by atoms with Crippen molar-refractivity contribution < 1.29 is 18.3 Å². The number of ether oxygens (including phenoxy) is 2. The number of nitrogens with zero attached hydrogens (tertiary/aromatic N) is 1. The Hall–Kier alpha value is -2.83. The number of rotatable bonds is 11. The van der Waals surface area contributed by atoms with Crippen LogP contribution in [0.5, 0.6) is 11.5 Å². The summed E-state index contributed by atoms with van der Waals surface area (Å²) in [6.45, 7) is 8.41. The zero-order chi connectivity index (χ0) is 28.8. The van der Waals surface area contributed by atoms with E-state index in [9.17, 15) is 8.78 Å². The summed E-state index contributed by atoms with van der Waals surface area (Å²) in [5.74, 6) is 2.44. The third kappa shape index (κ3) is 7.15. The van der Waals surface area contributed by atoms with E-state index in [0.29, 0.717) is 18.6 Å². The number of fused-ring (bicyclic) bond motifs is 1.